The fourth-order valence-corrected chi connectivity index (χ4v) is 0.609. The minimum atomic E-state index is -2.36. The van der Waals surface area contributed by atoms with Crippen molar-refractivity contribution in [2.24, 2.45) is 0 Å². The molecule has 0 bridgehead atoms. The van der Waals surface area contributed by atoms with E-state index in [2.05, 4.69) is 0 Å². The Morgan fingerprint density at radius 3 is 1.86 bits per heavy atom. The summed E-state index contributed by atoms with van der Waals surface area (Å²) in [4.78, 5) is 19.8. The minimum Gasteiger partial charge on any atom is -0.547 e. The third-order valence-electron chi connectivity index (χ3n) is 1.40. The molecule has 0 aliphatic carbocycles. The van der Waals surface area contributed by atoms with Crippen LogP contribution in [-0.2, 0) is 9.59 Å². The number of hydrogen-bond donors (Lipinski definition) is 4. The van der Waals surface area contributed by atoms with Crippen LogP contribution in [0.2, 0.25) is 0 Å². The van der Waals surface area contributed by atoms with Crippen molar-refractivity contribution in [3.8, 4) is 0 Å². The molecule has 4 atom stereocenters. The molecule has 7 nitrogen and oxygen atoms in total. The van der Waals surface area contributed by atoms with E-state index in [0.29, 0.717) is 0 Å². The average molecular weight is 200 g/mol. The van der Waals surface area contributed by atoms with Gasteiger partial charge in [0.15, 0.2) is 6.29 Å². The molecule has 0 aliphatic rings. The van der Waals surface area contributed by atoms with Gasteiger partial charge in [0.05, 0.1) is 5.97 Å². The van der Waals surface area contributed by atoms with Crippen molar-refractivity contribution in [2.75, 3.05) is 0 Å². The summed E-state index contributed by atoms with van der Waals surface area (Å²) in [6, 6.07) is 0. The Morgan fingerprint density at radius 2 is 1.57 bits per heavy atom. The Kier molecular flexibility index (Phi) is 7.95. The van der Waals surface area contributed by atoms with Gasteiger partial charge in [-0.1, -0.05) is 0 Å². The molecule has 0 rings (SSSR count). The van der Waals surface area contributed by atoms with Crippen LogP contribution in [0, 0.1) is 0 Å². The topological polar surface area (TPSA) is 138 Å². The van der Waals surface area contributed by atoms with Gasteiger partial charge in [0.2, 0.25) is 0 Å². The molecular weight excluding hydrogens is 191 g/mol. The molecular formula is C6H9LiO7. The van der Waals surface area contributed by atoms with Crippen LogP contribution in [0.5, 0.6) is 0 Å². The summed E-state index contributed by atoms with van der Waals surface area (Å²) < 4.78 is 0. The van der Waals surface area contributed by atoms with Gasteiger partial charge in [0.1, 0.15) is 24.4 Å². The Bertz CT molecular complexity index is 197. The Hall–Kier alpha value is -0.423. The normalized spacial score (nSPS) is 18.6. The number of aliphatic carboxylic acids is 1. The molecule has 0 radical (unpaired) electrons. The van der Waals surface area contributed by atoms with Crippen molar-refractivity contribution in [3.05, 3.63) is 0 Å². The first-order valence-electron chi connectivity index (χ1n) is 3.30. The van der Waals surface area contributed by atoms with Crippen LogP contribution < -0.4 is 24.0 Å². The zero-order valence-electron chi connectivity index (χ0n) is 7.40. The Morgan fingerprint density at radius 1 is 1.14 bits per heavy atom. The molecule has 0 saturated heterocycles. The maximum Gasteiger partial charge on any atom is 1.00 e. The van der Waals surface area contributed by atoms with Crippen LogP contribution >= 0.6 is 0 Å². The molecule has 0 aliphatic heterocycles. The van der Waals surface area contributed by atoms with Crippen molar-refractivity contribution >= 4 is 12.3 Å². The first-order chi connectivity index (χ1) is 5.91. The zero-order chi connectivity index (χ0) is 10.6. The summed E-state index contributed by atoms with van der Waals surface area (Å²) in [6.07, 6.45) is -8.65. The smallest absolute Gasteiger partial charge is 0.547 e. The van der Waals surface area contributed by atoms with Gasteiger partial charge in [-0.25, -0.2) is 0 Å². The van der Waals surface area contributed by atoms with Crippen molar-refractivity contribution in [2.45, 2.75) is 24.4 Å². The molecule has 14 heavy (non-hydrogen) atoms. The number of aliphatic hydroxyl groups is 4. The minimum absolute atomic E-state index is 0. The van der Waals surface area contributed by atoms with E-state index in [1.54, 1.807) is 0 Å². The number of hydrogen-bond acceptors (Lipinski definition) is 7. The Balaban J connectivity index is 0. The van der Waals surface area contributed by atoms with Crippen LogP contribution in [0.3, 0.4) is 0 Å². The summed E-state index contributed by atoms with van der Waals surface area (Å²) in [5.74, 6) is -2.01. The number of rotatable bonds is 5. The number of carbonyl (C=O) groups excluding carboxylic acids is 2. The molecule has 0 amide bonds. The van der Waals surface area contributed by atoms with E-state index in [1.807, 2.05) is 0 Å². The summed E-state index contributed by atoms with van der Waals surface area (Å²) in [5, 5.41) is 44.8. The van der Waals surface area contributed by atoms with Crippen molar-refractivity contribution in [1.29, 1.82) is 0 Å². The molecule has 0 saturated carbocycles. The van der Waals surface area contributed by atoms with E-state index in [4.69, 9.17) is 20.4 Å². The van der Waals surface area contributed by atoms with E-state index in [0.717, 1.165) is 0 Å². The second-order valence-electron chi connectivity index (χ2n) is 2.37. The number of carboxylic acids is 1. The average Bonchev–Trinajstić information content (AvgIpc) is 2.12. The SMILES string of the molecule is O=C[C@@H](O)[C@H](O)[C@@H](O)[C@H](O)C(=O)[O-].[Li+]. The van der Waals surface area contributed by atoms with Crippen LogP contribution in [0.25, 0.3) is 0 Å². The van der Waals surface area contributed by atoms with Gasteiger partial charge in [-0.05, 0) is 0 Å². The maximum absolute atomic E-state index is 9.95. The Labute approximate surface area is 91.2 Å². The van der Waals surface area contributed by atoms with E-state index >= 15 is 0 Å². The molecule has 0 aromatic rings. The van der Waals surface area contributed by atoms with Crippen molar-refractivity contribution in [1.82, 2.24) is 0 Å². The van der Waals surface area contributed by atoms with Crippen LogP contribution in [0.1, 0.15) is 0 Å². The molecule has 0 aromatic carbocycles. The van der Waals surface area contributed by atoms with Gasteiger partial charge >= 0.3 is 18.9 Å². The fourth-order valence-electron chi connectivity index (χ4n) is 0.609. The second-order valence-corrected chi connectivity index (χ2v) is 2.37. The number of carbonyl (C=O) groups is 2. The molecule has 0 spiro atoms. The standard InChI is InChI=1S/C6H10O7.Li/c7-1-2(8)3(9)4(10)5(11)6(12)13;/h1-5,8-11H,(H,12,13);/q;+1/p-1/t2-,3+,4-,5+;/m1./s1. The van der Waals surface area contributed by atoms with Crippen molar-refractivity contribution in [3.63, 3.8) is 0 Å². The molecule has 0 unspecified atom stereocenters. The van der Waals surface area contributed by atoms with Crippen LogP contribution in [0.4, 0.5) is 0 Å². The van der Waals surface area contributed by atoms with E-state index in [-0.39, 0.29) is 25.1 Å². The molecule has 0 heterocycles. The van der Waals surface area contributed by atoms with Crippen molar-refractivity contribution < 1.29 is 54.0 Å². The molecule has 0 aromatic heterocycles. The van der Waals surface area contributed by atoms with Gasteiger partial charge in [-0.3, -0.25) is 0 Å². The van der Waals surface area contributed by atoms with Gasteiger partial charge in [-0.15, -0.1) is 0 Å². The van der Waals surface area contributed by atoms with Gasteiger partial charge in [-0.2, -0.15) is 0 Å². The maximum atomic E-state index is 9.95. The van der Waals surface area contributed by atoms with Gasteiger partial charge < -0.3 is 35.1 Å². The third kappa shape index (κ3) is 4.19. The van der Waals surface area contributed by atoms with E-state index < -0.39 is 30.4 Å². The summed E-state index contributed by atoms with van der Waals surface area (Å²) >= 11 is 0. The predicted octanol–water partition coefficient (Wildman–Crippen LogP) is -7.62. The first-order valence-corrected chi connectivity index (χ1v) is 3.30. The molecule has 4 N–H and O–H groups in total. The summed E-state index contributed by atoms with van der Waals surface area (Å²) in [5.41, 5.74) is 0. The second kappa shape index (κ2) is 6.95. The monoisotopic (exact) mass is 200 g/mol. The number of carboxylic acid groups (broad SMARTS) is 1. The number of aliphatic hydroxyl groups excluding tert-OH is 4. The summed E-state index contributed by atoms with van der Waals surface area (Å²) in [6.45, 7) is 0. The molecule has 8 heteroatoms. The van der Waals surface area contributed by atoms with Gasteiger partial charge in [0.25, 0.3) is 0 Å². The van der Waals surface area contributed by atoms with E-state index in [9.17, 15) is 14.7 Å². The largest absolute Gasteiger partial charge is 1.00 e. The quantitative estimate of drug-likeness (QED) is 0.255. The third-order valence-corrected chi connectivity index (χ3v) is 1.40. The molecule has 76 valence electrons. The first kappa shape index (κ1) is 16.0. The van der Waals surface area contributed by atoms with Crippen LogP contribution in [-0.4, -0.2) is 57.1 Å². The predicted molar refractivity (Wildman–Crippen MR) is 35.1 cm³/mol. The van der Waals surface area contributed by atoms with Crippen LogP contribution in [0.15, 0.2) is 0 Å². The zero-order valence-corrected chi connectivity index (χ0v) is 7.40. The summed E-state index contributed by atoms with van der Waals surface area (Å²) in [7, 11) is 0. The van der Waals surface area contributed by atoms with E-state index in [1.165, 1.54) is 0 Å². The molecule has 0 fully saturated rings. The van der Waals surface area contributed by atoms with Gasteiger partial charge in [0, 0.05) is 0 Å². The number of aldehydes is 1. The fraction of sp³-hybridized carbons (Fsp3) is 0.667.